The summed E-state index contributed by atoms with van der Waals surface area (Å²) >= 11 is 11.9. The Morgan fingerprint density at radius 2 is 1.71 bits per heavy atom. The summed E-state index contributed by atoms with van der Waals surface area (Å²) in [4.78, 5) is 44.1. The number of rotatable bonds is 6. The Bertz CT molecular complexity index is 1040. The zero-order valence-electron chi connectivity index (χ0n) is 18.7. The van der Waals surface area contributed by atoms with Crippen LogP contribution in [0.2, 0.25) is 10.0 Å². The van der Waals surface area contributed by atoms with E-state index in [1.54, 1.807) is 24.3 Å². The number of hydrogen-bond acceptors (Lipinski definition) is 5. The monoisotopic (exact) mass is 503 g/mol. The topological polar surface area (TPSA) is 85.0 Å². The number of nitrogens with zero attached hydrogens (tertiary/aromatic N) is 3. The van der Waals surface area contributed by atoms with Gasteiger partial charge in [-0.3, -0.25) is 19.3 Å². The maximum atomic E-state index is 13.1. The number of nitrogens with one attached hydrogen (secondary N) is 2. The van der Waals surface area contributed by atoms with Crippen molar-refractivity contribution in [2.75, 3.05) is 56.0 Å². The lowest BCUT2D eigenvalue weighted by atomic mass is 10.1. The fourth-order valence-electron chi connectivity index (χ4n) is 4.27. The summed E-state index contributed by atoms with van der Waals surface area (Å²) in [5.41, 5.74) is 1.65. The molecule has 2 N–H and O–H groups in total. The lowest BCUT2D eigenvalue weighted by Crippen LogP contribution is -2.60. The van der Waals surface area contributed by atoms with Crippen molar-refractivity contribution >= 4 is 52.3 Å². The molecule has 0 bridgehead atoms. The third-order valence-electron chi connectivity index (χ3n) is 6.06. The summed E-state index contributed by atoms with van der Waals surface area (Å²) in [6.07, 6.45) is -0.117. The normalized spacial score (nSPS) is 19.0. The van der Waals surface area contributed by atoms with Gasteiger partial charge in [0.05, 0.1) is 13.0 Å². The van der Waals surface area contributed by atoms with E-state index < -0.39 is 6.04 Å². The molecule has 1 atom stereocenters. The minimum Gasteiger partial charge on any atom is -0.369 e. The van der Waals surface area contributed by atoms with Gasteiger partial charge in [-0.05, 0) is 42.5 Å². The maximum Gasteiger partial charge on any atom is 0.243 e. The molecule has 0 spiro atoms. The van der Waals surface area contributed by atoms with E-state index in [1.807, 2.05) is 24.3 Å². The standard InChI is InChI=1S/C24H27Cl2N5O3/c25-17-4-6-20(7-5-17)30-12-10-29(11-13-30)16-23(33)31-9-8-27-24(34)21(31)15-22(32)28-19-3-1-2-18(26)14-19/h1-7,14,21H,8-13,15-16H2,(H,27,34)(H,28,32)/t21-/m1/s1. The van der Waals surface area contributed by atoms with Gasteiger partial charge in [0.2, 0.25) is 17.7 Å². The minimum atomic E-state index is -0.837. The van der Waals surface area contributed by atoms with Gasteiger partial charge in [0.15, 0.2) is 0 Å². The smallest absolute Gasteiger partial charge is 0.243 e. The van der Waals surface area contributed by atoms with Crippen LogP contribution in [0.3, 0.4) is 0 Å². The Kier molecular flexibility index (Phi) is 7.92. The molecule has 0 aliphatic carbocycles. The van der Waals surface area contributed by atoms with Gasteiger partial charge in [-0.1, -0.05) is 29.3 Å². The molecule has 0 aromatic heterocycles. The van der Waals surface area contributed by atoms with Crippen molar-refractivity contribution in [3.05, 3.63) is 58.6 Å². The van der Waals surface area contributed by atoms with Crippen LogP contribution in [-0.2, 0) is 14.4 Å². The van der Waals surface area contributed by atoms with Crippen molar-refractivity contribution in [1.29, 1.82) is 0 Å². The van der Waals surface area contributed by atoms with Gasteiger partial charge >= 0.3 is 0 Å². The van der Waals surface area contributed by atoms with Gasteiger partial charge in [0, 0.05) is 60.7 Å². The summed E-state index contributed by atoms with van der Waals surface area (Å²) in [7, 11) is 0. The fourth-order valence-corrected chi connectivity index (χ4v) is 4.58. The number of benzene rings is 2. The first kappa shape index (κ1) is 24.3. The largest absolute Gasteiger partial charge is 0.369 e. The number of carbonyl (C=O) groups is 3. The minimum absolute atomic E-state index is 0.117. The molecule has 2 aromatic rings. The lowest BCUT2D eigenvalue weighted by molar-refractivity contribution is -0.145. The second-order valence-electron chi connectivity index (χ2n) is 8.40. The molecular weight excluding hydrogens is 477 g/mol. The maximum absolute atomic E-state index is 13.1. The molecule has 34 heavy (non-hydrogen) atoms. The molecule has 2 aromatic carbocycles. The van der Waals surface area contributed by atoms with E-state index in [0.29, 0.717) is 28.8 Å². The molecule has 0 saturated carbocycles. The number of amides is 3. The van der Waals surface area contributed by atoms with Crippen LogP contribution in [-0.4, -0.2) is 79.4 Å². The van der Waals surface area contributed by atoms with E-state index in [-0.39, 0.29) is 30.7 Å². The summed E-state index contributed by atoms with van der Waals surface area (Å²) in [6.45, 7) is 4.02. The summed E-state index contributed by atoms with van der Waals surface area (Å²) in [5, 5.41) is 6.72. The SMILES string of the molecule is O=C(C[C@@H]1C(=O)NCCN1C(=O)CN1CCN(c2ccc(Cl)cc2)CC1)Nc1cccc(Cl)c1. The number of halogens is 2. The number of carbonyl (C=O) groups excluding carboxylic acids is 3. The van der Waals surface area contributed by atoms with E-state index in [2.05, 4.69) is 20.4 Å². The molecule has 3 amide bonds. The van der Waals surface area contributed by atoms with E-state index >= 15 is 0 Å². The molecule has 2 heterocycles. The molecular formula is C24H27Cl2N5O3. The molecule has 0 radical (unpaired) electrons. The average Bonchev–Trinajstić information content (AvgIpc) is 2.81. The van der Waals surface area contributed by atoms with Crippen LogP contribution in [0.5, 0.6) is 0 Å². The highest BCUT2D eigenvalue weighted by atomic mass is 35.5. The predicted octanol–water partition coefficient (Wildman–Crippen LogP) is 2.47. The van der Waals surface area contributed by atoms with Gasteiger partial charge in [-0.15, -0.1) is 0 Å². The van der Waals surface area contributed by atoms with Gasteiger partial charge in [-0.2, -0.15) is 0 Å². The first-order chi connectivity index (χ1) is 16.4. The molecule has 2 fully saturated rings. The van der Waals surface area contributed by atoms with E-state index in [1.165, 1.54) is 4.90 Å². The van der Waals surface area contributed by atoms with Gasteiger partial charge in [-0.25, -0.2) is 0 Å². The van der Waals surface area contributed by atoms with Crippen LogP contribution in [0, 0.1) is 0 Å². The Hall–Kier alpha value is -2.81. The number of hydrogen-bond donors (Lipinski definition) is 2. The molecule has 10 heteroatoms. The van der Waals surface area contributed by atoms with Crippen LogP contribution < -0.4 is 15.5 Å². The predicted molar refractivity (Wildman–Crippen MR) is 133 cm³/mol. The Labute approximate surface area is 208 Å². The van der Waals surface area contributed by atoms with E-state index in [9.17, 15) is 14.4 Å². The summed E-state index contributed by atoms with van der Waals surface area (Å²) < 4.78 is 0. The highest BCUT2D eigenvalue weighted by molar-refractivity contribution is 6.31. The highest BCUT2D eigenvalue weighted by Gasteiger charge is 2.35. The molecule has 2 aliphatic rings. The second-order valence-corrected chi connectivity index (χ2v) is 9.27. The van der Waals surface area contributed by atoms with E-state index in [4.69, 9.17) is 23.2 Å². The number of anilines is 2. The van der Waals surface area contributed by atoms with Gasteiger partial charge in [0.1, 0.15) is 6.04 Å². The molecule has 2 saturated heterocycles. The van der Waals surface area contributed by atoms with E-state index in [0.717, 1.165) is 31.9 Å². The van der Waals surface area contributed by atoms with Crippen molar-refractivity contribution in [2.24, 2.45) is 0 Å². The Balaban J connectivity index is 1.32. The van der Waals surface area contributed by atoms with Crippen LogP contribution in [0.4, 0.5) is 11.4 Å². The van der Waals surface area contributed by atoms with Crippen molar-refractivity contribution in [3.8, 4) is 0 Å². The first-order valence-corrected chi connectivity index (χ1v) is 12.0. The number of piperazine rings is 2. The highest BCUT2D eigenvalue weighted by Crippen LogP contribution is 2.20. The summed E-state index contributed by atoms with van der Waals surface area (Å²) in [6, 6.07) is 13.7. The second kappa shape index (κ2) is 11.1. The molecule has 0 unspecified atom stereocenters. The van der Waals surface area contributed by atoms with Crippen LogP contribution in [0.25, 0.3) is 0 Å². The lowest BCUT2D eigenvalue weighted by Gasteiger charge is -2.39. The van der Waals surface area contributed by atoms with Crippen molar-refractivity contribution < 1.29 is 14.4 Å². The van der Waals surface area contributed by atoms with Crippen LogP contribution in [0.15, 0.2) is 48.5 Å². The third kappa shape index (κ3) is 6.20. The van der Waals surface area contributed by atoms with Gasteiger partial charge < -0.3 is 20.4 Å². The first-order valence-electron chi connectivity index (χ1n) is 11.2. The van der Waals surface area contributed by atoms with Crippen molar-refractivity contribution in [1.82, 2.24) is 15.1 Å². The third-order valence-corrected chi connectivity index (χ3v) is 6.55. The van der Waals surface area contributed by atoms with Crippen molar-refractivity contribution in [3.63, 3.8) is 0 Å². The van der Waals surface area contributed by atoms with Crippen LogP contribution in [0.1, 0.15) is 6.42 Å². The molecule has 180 valence electrons. The van der Waals surface area contributed by atoms with Crippen LogP contribution >= 0.6 is 23.2 Å². The zero-order chi connectivity index (χ0) is 24.1. The molecule has 8 nitrogen and oxygen atoms in total. The Morgan fingerprint density at radius 1 is 0.971 bits per heavy atom. The Morgan fingerprint density at radius 3 is 2.41 bits per heavy atom. The zero-order valence-corrected chi connectivity index (χ0v) is 20.2. The average molecular weight is 504 g/mol. The summed E-state index contributed by atoms with van der Waals surface area (Å²) in [5.74, 6) is -0.803. The quantitative estimate of drug-likeness (QED) is 0.632. The molecule has 4 rings (SSSR count). The van der Waals surface area contributed by atoms with Gasteiger partial charge in [0.25, 0.3) is 0 Å². The van der Waals surface area contributed by atoms with Crippen molar-refractivity contribution in [2.45, 2.75) is 12.5 Å². The molecule has 2 aliphatic heterocycles. The fraction of sp³-hybridized carbons (Fsp3) is 0.375.